The Morgan fingerprint density at radius 2 is 1.81 bits per heavy atom. The summed E-state index contributed by atoms with van der Waals surface area (Å²) in [5.74, 6) is 0.825. The van der Waals surface area contributed by atoms with Crippen molar-refractivity contribution in [2.24, 2.45) is 0 Å². The van der Waals surface area contributed by atoms with E-state index in [9.17, 15) is 4.79 Å². The lowest BCUT2D eigenvalue weighted by molar-refractivity contribution is 0.0492. The van der Waals surface area contributed by atoms with Crippen LogP contribution in [0.3, 0.4) is 0 Å². The minimum absolute atomic E-state index is 0.139. The Balaban J connectivity index is 1.42. The summed E-state index contributed by atoms with van der Waals surface area (Å²) in [5, 5.41) is 9.26. The molecule has 1 aliphatic carbocycles. The fourth-order valence-electron chi connectivity index (χ4n) is 4.38. The number of halogens is 1. The van der Waals surface area contributed by atoms with E-state index in [1.54, 1.807) is 0 Å². The van der Waals surface area contributed by atoms with Crippen molar-refractivity contribution in [1.82, 2.24) is 10.3 Å². The van der Waals surface area contributed by atoms with Gasteiger partial charge in [0, 0.05) is 36.2 Å². The summed E-state index contributed by atoms with van der Waals surface area (Å²) >= 11 is 6.32. The molecule has 1 saturated carbocycles. The molecular formula is C24H33ClN4O3. The molecular weight excluding hydrogens is 428 g/mol. The van der Waals surface area contributed by atoms with Gasteiger partial charge in [-0.2, -0.15) is 0 Å². The zero-order valence-electron chi connectivity index (χ0n) is 19.1. The highest BCUT2D eigenvalue weighted by atomic mass is 35.5. The van der Waals surface area contributed by atoms with E-state index >= 15 is 0 Å². The Morgan fingerprint density at radius 3 is 2.50 bits per heavy atom. The summed E-state index contributed by atoms with van der Waals surface area (Å²) in [6.07, 6.45) is 3.34. The first-order valence-electron chi connectivity index (χ1n) is 11.5. The smallest absolute Gasteiger partial charge is 0.407 e. The third kappa shape index (κ3) is 5.95. The zero-order chi connectivity index (χ0) is 22.7. The fourth-order valence-corrected chi connectivity index (χ4v) is 4.58. The second-order valence-electron chi connectivity index (χ2n) is 9.64. The van der Waals surface area contributed by atoms with Gasteiger partial charge in [-0.3, -0.25) is 0 Å². The van der Waals surface area contributed by atoms with Crippen molar-refractivity contribution in [1.29, 1.82) is 0 Å². The molecule has 174 valence electrons. The minimum Gasteiger partial charge on any atom is -0.444 e. The van der Waals surface area contributed by atoms with Crippen LogP contribution in [0.25, 0.3) is 10.8 Å². The van der Waals surface area contributed by atoms with Gasteiger partial charge in [0.25, 0.3) is 0 Å². The topological polar surface area (TPSA) is 75.7 Å². The summed E-state index contributed by atoms with van der Waals surface area (Å²) in [7, 11) is 0. The molecule has 8 heteroatoms. The molecule has 7 nitrogen and oxygen atoms in total. The minimum atomic E-state index is -0.484. The first kappa shape index (κ1) is 22.9. The van der Waals surface area contributed by atoms with E-state index < -0.39 is 5.60 Å². The van der Waals surface area contributed by atoms with Crippen LogP contribution in [0.4, 0.5) is 16.3 Å². The largest absolute Gasteiger partial charge is 0.444 e. The second kappa shape index (κ2) is 9.71. The van der Waals surface area contributed by atoms with Gasteiger partial charge < -0.3 is 25.0 Å². The molecule has 0 unspecified atom stereocenters. The maximum atomic E-state index is 12.1. The van der Waals surface area contributed by atoms with Gasteiger partial charge in [-0.25, -0.2) is 9.78 Å². The van der Waals surface area contributed by atoms with Crippen LogP contribution in [0, 0.1) is 0 Å². The van der Waals surface area contributed by atoms with Gasteiger partial charge in [-0.15, -0.1) is 0 Å². The highest BCUT2D eigenvalue weighted by molar-refractivity contribution is 6.30. The quantitative estimate of drug-likeness (QED) is 0.627. The Bertz CT molecular complexity index is 948. The van der Waals surface area contributed by atoms with Crippen molar-refractivity contribution < 1.29 is 14.3 Å². The predicted molar refractivity (Wildman–Crippen MR) is 129 cm³/mol. The molecule has 2 aliphatic rings. The van der Waals surface area contributed by atoms with Gasteiger partial charge in [-0.1, -0.05) is 17.7 Å². The van der Waals surface area contributed by atoms with E-state index in [1.807, 2.05) is 26.8 Å². The molecule has 0 radical (unpaired) electrons. The van der Waals surface area contributed by atoms with Gasteiger partial charge in [0.2, 0.25) is 0 Å². The summed E-state index contributed by atoms with van der Waals surface area (Å²) in [5.41, 5.74) is 0.695. The monoisotopic (exact) mass is 460 g/mol. The van der Waals surface area contributed by atoms with Gasteiger partial charge in [0.15, 0.2) is 0 Å². The molecule has 1 aliphatic heterocycles. The molecule has 2 N–H and O–H groups in total. The summed E-state index contributed by atoms with van der Waals surface area (Å²) in [6, 6.07) is 8.78. The number of hydrogen-bond donors (Lipinski definition) is 2. The third-order valence-corrected chi connectivity index (χ3v) is 6.14. The van der Waals surface area contributed by atoms with Crippen LogP contribution < -0.4 is 15.5 Å². The molecule has 2 heterocycles. The molecule has 0 atom stereocenters. The first-order chi connectivity index (χ1) is 15.3. The Kier molecular flexibility index (Phi) is 6.96. The van der Waals surface area contributed by atoms with E-state index in [0.29, 0.717) is 5.15 Å². The van der Waals surface area contributed by atoms with E-state index in [0.717, 1.165) is 68.6 Å². The van der Waals surface area contributed by atoms with E-state index in [4.69, 9.17) is 21.1 Å². The number of aromatic nitrogens is 1. The van der Waals surface area contributed by atoms with Crippen LogP contribution in [0.2, 0.25) is 5.15 Å². The zero-order valence-corrected chi connectivity index (χ0v) is 19.9. The summed E-state index contributed by atoms with van der Waals surface area (Å²) < 4.78 is 10.9. The van der Waals surface area contributed by atoms with Crippen molar-refractivity contribution in [3.8, 4) is 0 Å². The highest BCUT2D eigenvalue weighted by Crippen LogP contribution is 2.31. The van der Waals surface area contributed by atoms with Gasteiger partial charge in [0.1, 0.15) is 16.6 Å². The van der Waals surface area contributed by atoms with Crippen molar-refractivity contribution >= 4 is 40.0 Å². The fraction of sp³-hybridized carbons (Fsp3) is 0.583. The predicted octanol–water partition coefficient (Wildman–Crippen LogP) is 4.97. The van der Waals surface area contributed by atoms with Gasteiger partial charge >= 0.3 is 6.09 Å². The van der Waals surface area contributed by atoms with Crippen LogP contribution in [0.5, 0.6) is 0 Å². The van der Waals surface area contributed by atoms with Crippen LogP contribution in [0.1, 0.15) is 46.5 Å². The number of pyridine rings is 1. The maximum absolute atomic E-state index is 12.1. The summed E-state index contributed by atoms with van der Waals surface area (Å²) in [4.78, 5) is 19.0. The van der Waals surface area contributed by atoms with E-state index in [2.05, 4.69) is 38.7 Å². The molecule has 2 fully saturated rings. The molecule has 1 amide bonds. The number of hydrogen-bond acceptors (Lipinski definition) is 6. The number of anilines is 2. The number of rotatable bonds is 4. The molecule has 1 aromatic heterocycles. The molecule has 4 rings (SSSR count). The average molecular weight is 461 g/mol. The van der Waals surface area contributed by atoms with Gasteiger partial charge in [0.05, 0.1) is 13.2 Å². The van der Waals surface area contributed by atoms with Crippen LogP contribution in [0.15, 0.2) is 24.3 Å². The SMILES string of the molecule is CC(C)(C)OC(=O)NC1CCC(Nc2nc(Cl)cc3ccc(N4CCOCC4)cc23)CC1. The number of nitrogens with zero attached hydrogens (tertiary/aromatic N) is 2. The van der Waals surface area contributed by atoms with Crippen molar-refractivity contribution in [2.75, 3.05) is 36.5 Å². The van der Waals surface area contributed by atoms with Crippen molar-refractivity contribution in [3.05, 3.63) is 29.4 Å². The number of carbonyl (C=O) groups excluding carboxylic acids is 1. The van der Waals surface area contributed by atoms with E-state index in [1.165, 1.54) is 5.69 Å². The lowest BCUT2D eigenvalue weighted by Gasteiger charge is -2.31. The van der Waals surface area contributed by atoms with Gasteiger partial charge in [-0.05, 0) is 70.0 Å². The number of carbonyl (C=O) groups is 1. The molecule has 0 bridgehead atoms. The van der Waals surface area contributed by atoms with Crippen LogP contribution >= 0.6 is 11.6 Å². The Morgan fingerprint density at radius 1 is 1.12 bits per heavy atom. The first-order valence-corrected chi connectivity index (χ1v) is 11.8. The summed E-state index contributed by atoms with van der Waals surface area (Å²) in [6.45, 7) is 8.92. The number of benzene rings is 1. The van der Waals surface area contributed by atoms with Crippen molar-refractivity contribution in [3.63, 3.8) is 0 Å². The standard InChI is InChI=1S/C24H33ClN4O3/c1-24(2,3)32-23(30)27-18-7-5-17(6-8-18)26-22-20-15-19(29-10-12-31-13-11-29)9-4-16(20)14-21(25)28-22/h4,9,14-15,17-18H,5-8,10-13H2,1-3H3,(H,26,28)(H,27,30). The third-order valence-electron chi connectivity index (χ3n) is 5.95. The lowest BCUT2D eigenvalue weighted by Crippen LogP contribution is -2.42. The average Bonchev–Trinajstić information content (AvgIpc) is 2.74. The molecule has 0 spiro atoms. The number of alkyl carbamates (subject to hydrolysis) is 1. The van der Waals surface area contributed by atoms with E-state index in [-0.39, 0.29) is 18.2 Å². The number of amides is 1. The number of morpholine rings is 1. The lowest BCUT2D eigenvalue weighted by atomic mass is 9.91. The van der Waals surface area contributed by atoms with Crippen LogP contribution in [-0.4, -0.2) is 55.1 Å². The normalized spacial score (nSPS) is 21.9. The second-order valence-corrected chi connectivity index (χ2v) is 10.0. The molecule has 1 aromatic carbocycles. The highest BCUT2D eigenvalue weighted by Gasteiger charge is 2.25. The van der Waals surface area contributed by atoms with Crippen LogP contribution in [-0.2, 0) is 9.47 Å². The Hall–Kier alpha value is -2.25. The Labute approximate surface area is 194 Å². The number of fused-ring (bicyclic) bond motifs is 1. The molecule has 1 saturated heterocycles. The molecule has 32 heavy (non-hydrogen) atoms. The van der Waals surface area contributed by atoms with Crippen molar-refractivity contribution in [2.45, 2.75) is 64.1 Å². The molecule has 2 aromatic rings. The number of nitrogens with one attached hydrogen (secondary N) is 2. The number of ether oxygens (including phenoxy) is 2. The maximum Gasteiger partial charge on any atom is 0.407 e.